The molecule has 3 heteroatoms. The number of hydrogen-bond acceptors (Lipinski definition) is 2. The molecule has 2 nitrogen and oxygen atoms in total. The normalized spacial score (nSPS) is 10.3. The van der Waals surface area contributed by atoms with Crippen molar-refractivity contribution in [3.05, 3.63) is 58.5 Å². The summed E-state index contributed by atoms with van der Waals surface area (Å²) in [5, 5.41) is 0. The first-order valence-electron chi connectivity index (χ1n) is 5.02. The fraction of sp³-hybridized carbons (Fsp3) is 0.154. The van der Waals surface area contributed by atoms with Crippen molar-refractivity contribution in [1.29, 1.82) is 0 Å². The van der Waals surface area contributed by atoms with Gasteiger partial charge in [0.2, 0.25) is 0 Å². The second kappa shape index (κ2) is 5.12. The number of rotatable bonds is 4. The van der Waals surface area contributed by atoms with Crippen molar-refractivity contribution in [2.75, 3.05) is 0 Å². The molecule has 0 N–H and O–H groups in total. The molecular weight excluding hydrogens is 268 g/mol. The van der Waals surface area contributed by atoms with Crippen molar-refractivity contribution < 1.29 is 9.21 Å². The van der Waals surface area contributed by atoms with Crippen LogP contribution in [0.25, 0.3) is 0 Å². The summed E-state index contributed by atoms with van der Waals surface area (Å²) in [7, 11) is 0. The molecule has 0 aliphatic carbocycles. The second-order valence-electron chi connectivity index (χ2n) is 3.60. The van der Waals surface area contributed by atoms with Gasteiger partial charge in [0.1, 0.15) is 11.5 Å². The lowest BCUT2D eigenvalue weighted by molar-refractivity contribution is -0.118. The van der Waals surface area contributed by atoms with Crippen LogP contribution in [0.15, 0.2) is 51.6 Å². The molecule has 0 bridgehead atoms. The van der Waals surface area contributed by atoms with Gasteiger partial charge >= 0.3 is 0 Å². The number of halogens is 1. The van der Waals surface area contributed by atoms with Crippen molar-refractivity contribution in [1.82, 2.24) is 0 Å². The van der Waals surface area contributed by atoms with Gasteiger partial charge in [-0.15, -0.1) is 0 Å². The molecular formula is C13H11BrO2. The fourth-order valence-electron chi connectivity index (χ4n) is 1.50. The smallest absolute Gasteiger partial charge is 0.144 e. The maximum absolute atomic E-state index is 11.7. The van der Waals surface area contributed by atoms with Crippen LogP contribution in [-0.2, 0) is 17.6 Å². The molecule has 1 heterocycles. The predicted molar refractivity (Wildman–Crippen MR) is 65.3 cm³/mol. The first kappa shape index (κ1) is 11.1. The van der Waals surface area contributed by atoms with Gasteiger partial charge in [-0.25, -0.2) is 0 Å². The fourth-order valence-corrected chi connectivity index (χ4v) is 1.76. The highest BCUT2D eigenvalue weighted by molar-refractivity contribution is 9.10. The number of benzene rings is 1. The highest BCUT2D eigenvalue weighted by atomic mass is 79.9. The van der Waals surface area contributed by atoms with E-state index in [1.165, 1.54) is 0 Å². The van der Waals surface area contributed by atoms with Crippen molar-refractivity contribution in [2.45, 2.75) is 12.8 Å². The zero-order valence-corrected chi connectivity index (χ0v) is 10.2. The molecule has 0 aliphatic heterocycles. The molecule has 82 valence electrons. The van der Waals surface area contributed by atoms with Gasteiger partial charge in [0.05, 0.1) is 12.7 Å². The van der Waals surface area contributed by atoms with E-state index < -0.39 is 0 Å². The number of furan rings is 1. The molecule has 0 amide bonds. The van der Waals surface area contributed by atoms with E-state index in [4.69, 9.17) is 4.42 Å². The van der Waals surface area contributed by atoms with Crippen LogP contribution >= 0.6 is 15.9 Å². The topological polar surface area (TPSA) is 30.2 Å². The van der Waals surface area contributed by atoms with Crippen LogP contribution in [0.5, 0.6) is 0 Å². The third kappa shape index (κ3) is 3.07. The minimum Gasteiger partial charge on any atom is -0.469 e. The second-order valence-corrected chi connectivity index (χ2v) is 4.51. The molecule has 1 aromatic carbocycles. The van der Waals surface area contributed by atoms with Gasteiger partial charge in [-0.1, -0.05) is 28.1 Å². The van der Waals surface area contributed by atoms with E-state index in [9.17, 15) is 4.79 Å². The summed E-state index contributed by atoms with van der Waals surface area (Å²) in [5.74, 6) is 0.888. The molecule has 0 atom stereocenters. The maximum atomic E-state index is 11.7. The van der Waals surface area contributed by atoms with Crippen LogP contribution in [0, 0.1) is 0 Å². The Morgan fingerprint density at radius 3 is 2.50 bits per heavy atom. The summed E-state index contributed by atoms with van der Waals surface area (Å²) in [5.41, 5.74) is 1.03. The van der Waals surface area contributed by atoms with Crippen LogP contribution in [0.2, 0.25) is 0 Å². The molecule has 2 rings (SSSR count). The maximum Gasteiger partial charge on any atom is 0.144 e. The first-order valence-corrected chi connectivity index (χ1v) is 5.82. The summed E-state index contributed by atoms with van der Waals surface area (Å²) in [6.07, 6.45) is 2.40. The Morgan fingerprint density at radius 2 is 1.88 bits per heavy atom. The molecule has 0 saturated carbocycles. The Morgan fingerprint density at radius 1 is 1.12 bits per heavy atom. The highest BCUT2D eigenvalue weighted by Gasteiger charge is 2.06. The zero-order valence-electron chi connectivity index (χ0n) is 8.65. The predicted octanol–water partition coefficient (Wildman–Crippen LogP) is 3.40. The van der Waals surface area contributed by atoms with Crippen molar-refractivity contribution in [3.8, 4) is 0 Å². The van der Waals surface area contributed by atoms with E-state index in [0.29, 0.717) is 12.8 Å². The Balaban J connectivity index is 1.95. The minimum atomic E-state index is 0.164. The summed E-state index contributed by atoms with van der Waals surface area (Å²) in [6.45, 7) is 0. The Hall–Kier alpha value is -1.35. The SMILES string of the molecule is O=C(Cc1ccc(Br)cc1)Cc1ccco1. The van der Waals surface area contributed by atoms with Crippen LogP contribution < -0.4 is 0 Å². The molecule has 0 spiro atoms. The molecule has 2 aromatic rings. The Bertz CT molecular complexity index is 457. The van der Waals surface area contributed by atoms with Crippen LogP contribution in [-0.4, -0.2) is 5.78 Å². The molecule has 0 radical (unpaired) electrons. The molecule has 0 unspecified atom stereocenters. The van der Waals surface area contributed by atoms with Crippen molar-refractivity contribution >= 4 is 21.7 Å². The third-order valence-electron chi connectivity index (χ3n) is 2.27. The van der Waals surface area contributed by atoms with E-state index in [-0.39, 0.29) is 5.78 Å². The van der Waals surface area contributed by atoms with E-state index in [0.717, 1.165) is 15.8 Å². The van der Waals surface area contributed by atoms with Gasteiger partial charge in [-0.2, -0.15) is 0 Å². The van der Waals surface area contributed by atoms with E-state index >= 15 is 0 Å². The average molecular weight is 279 g/mol. The average Bonchev–Trinajstić information content (AvgIpc) is 2.74. The summed E-state index contributed by atoms with van der Waals surface area (Å²) < 4.78 is 6.16. The van der Waals surface area contributed by atoms with Crippen LogP contribution in [0.3, 0.4) is 0 Å². The quantitative estimate of drug-likeness (QED) is 0.858. The molecule has 0 saturated heterocycles. The Labute approximate surface area is 102 Å². The minimum absolute atomic E-state index is 0.164. The molecule has 0 fully saturated rings. The first-order chi connectivity index (χ1) is 7.74. The van der Waals surface area contributed by atoms with Gasteiger partial charge in [-0.3, -0.25) is 4.79 Å². The number of carbonyl (C=O) groups is 1. The summed E-state index contributed by atoms with van der Waals surface area (Å²) in [4.78, 5) is 11.7. The van der Waals surface area contributed by atoms with E-state index in [2.05, 4.69) is 15.9 Å². The highest BCUT2D eigenvalue weighted by Crippen LogP contribution is 2.12. The van der Waals surface area contributed by atoms with Gasteiger partial charge in [-0.05, 0) is 29.8 Å². The lowest BCUT2D eigenvalue weighted by Crippen LogP contribution is -2.05. The number of hydrogen-bond donors (Lipinski definition) is 0. The van der Waals surface area contributed by atoms with Gasteiger partial charge in [0.15, 0.2) is 0 Å². The Kier molecular flexibility index (Phi) is 3.57. The van der Waals surface area contributed by atoms with E-state index in [1.807, 2.05) is 30.3 Å². The summed E-state index contributed by atoms with van der Waals surface area (Å²) in [6, 6.07) is 11.4. The van der Waals surface area contributed by atoms with E-state index in [1.54, 1.807) is 12.3 Å². The standard InChI is InChI=1S/C13H11BrO2/c14-11-5-3-10(4-6-11)8-12(15)9-13-2-1-7-16-13/h1-7H,8-9H2. The van der Waals surface area contributed by atoms with Gasteiger partial charge < -0.3 is 4.42 Å². The summed E-state index contributed by atoms with van der Waals surface area (Å²) >= 11 is 3.36. The lowest BCUT2D eigenvalue weighted by atomic mass is 10.1. The lowest BCUT2D eigenvalue weighted by Gasteiger charge is -2.00. The van der Waals surface area contributed by atoms with Crippen molar-refractivity contribution in [2.24, 2.45) is 0 Å². The number of Topliss-reactive ketones (excluding diaryl/α,β-unsaturated/α-hetero) is 1. The third-order valence-corrected chi connectivity index (χ3v) is 2.79. The molecule has 1 aromatic heterocycles. The molecule has 0 aliphatic rings. The van der Waals surface area contributed by atoms with Crippen LogP contribution in [0.4, 0.5) is 0 Å². The largest absolute Gasteiger partial charge is 0.469 e. The van der Waals surface area contributed by atoms with Crippen molar-refractivity contribution in [3.63, 3.8) is 0 Å². The monoisotopic (exact) mass is 278 g/mol. The van der Waals surface area contributed by atoms with Gasteiger partial charge in [0, 0.05) is 10.9 Å². The van der Waals surface area contributed by atoms with Crippen LogP contribution in [0.1, 0.15) is 11.3 Å². The van der Waals surface area contributed by atoms with Gasteiger partial charge in [0.25, 0.3) is 0 Å². The zero-order chi connectivity index (χ0) is 11.4. The number of carbonyl (C=O) groups excluding carboxylic acids is 1. The number of ketones is 1. The molecule has 16 heavy (non-hydrogen) atoms.